The van der Waals surface area contributed by atoms with Gasteiger partial charge in [-0.15, -0.1) is 0 Å². The van der Waals surface area contributed by atoms with E-state index in [1.54, 1.807) is 12.1 Å². The largest absolute Gasteiger partial charge is 0.465 e. The molecule has 0 amide bonds. The molecule has 0 aliphatic carbocycles. The molecule has 0 saturated carbocycles. The van der Waals surface area contributed by atoms with E-state index in [0.717, 1.165) is 24.0 Å². The summed E-state index contributed by atoms with van der Waals surface area (Å²) in [6.45, 7) is 2.20. The molecule has 2 aromatic carbocycles. The van der Waals surface area contributed by atoms with Gasteiger partial charge in [-0.1, -0.05) is 81.5 Å². The number of carbonyl (C=O) groups excluding carboxylic acids is 2. The summed E-state index contributed by atoms with van der Waals surface area (Å²) in [5.41, 5.74) is 2.70. The van der Waals surface area contributed by atoms with Crippen LogP contribution in [-0.4, -0.2) is 18.9 Å². The van der Waals surface area contributed by atoms with E-state index < -0.39 is 5.97 Å². The number of rotatable bonds is 10. The molecule has 0 heterocycles. The van der Waals surface area contributed by atoms with Crippen molar-refractivity contribution in [1.29, 1.82) is 0 Å². The predicted octanol–water partition coefficient (Wildman–Crippen LogP) is 6.07. The zero-order valence-corrected chi connectivity index (χ0v) is 15.8. The van der Waals surface area contributed by atoms with Gasteiger partial charge < -0.3 is 4.74 Å². The molecule has 0 fully saturated rings. The minimum Gasteiger partial charge on any atom is -0.465 e. The van der Waals surface area contributed by atoms with E-state index in [-0.39, 0.29) is 5.78 Å². The lowest BCUT2D eigenvalue weighted by Gasteiger charge is -2.12. The molecule has 0 saturated heterocycles. The summed E-state index contributed by atoms with van der Waals surface area (Å²) in [4.78, 5) is 24.8. The number of hydrogen-bond donors (Lipinski definition) is 0. The molecule has 0 aliphatic heterocycles. The molecule has 2 rings (SSSR count). The van der Waals surface area contributed by atoms with Crippen molar-refractivity contribution >= 4 is 11.8 Å². The van der Waals surface area contributed by atoms with Crippen molar-refractivity contribution in [2.24, 2.45) is 0 Å². The molecule has 0 N–H and O–H groups in total. The lowest BCUT2D eigenvalue weighted by molar-refractivity contribution is 0.0601. The van der Waals surface area contributed by atoms with E-state index in [2.05, 4.69) is 6.92 Å². The van der Waals surface area contributed by atoms with Crippen LogP contribution in [0.15, 0.2) is 48.5 Å². The first-order chi connectivity index (χ1) is 12.7. The number of unbranched alkanes of at least 4 members (excludes halogenated alkanes) is 5. The van der Waals surface area contributed by atoms with Crippen molar-refractivity contribution in [2.75, 3.05) is 7.11 Å². The fourth-order valence-electron chi connectivity index (χ4n) is 3.17. The van der Waals surface area contributed by atoms with Gasteiger partial charge in [0.15, 0.2) is 5.78 Å². The zero-order valence-electron chi connectivity index (χ0n) is 15.8. The third-order valence-electron chi connectivity index (χ3n) is 4.61. The van der Waals surface area contributed by atoms with E-state index in [1.807, 2.05) is 36.4 Å². The number of esters is 1. The minimum atomic E-state index is -0.390. The van der Waals surface area contributed by atoms with E-state index in [1.165, 1.54) is 32.8 Å². The summed E-state index contributed by atoms with van der Waals surface area (Å²) in [5, 5.41) is 0. The van der Waals surface area contributed by atoms with Gasteiger partial charge in [-0.2, -0.15) is 0 Å². The van der Waals surface area contributed by atoms with Crippen LogP contribution in [0.25, 0.3) is 11.1 Å². The van der Waals surface area contributed by atoms with Gasteiger partial charge in [-0.25, -0.2) is 4.79 Å². The van der Waals surface area contributed by atoms with Gasteiger partial charge in [0.25, 0.3) is 0 Å². The Morgan fingerprint density at radius 3 is 1.96 bits per heavy atom. The van der Waals surface area contributed by atoms with Crippen molar-refractivity contribution in [1.82, 2.24) is 0 Å². The lowest BCUT2D eigenvalue weighted by atomic mass is 9.92. The Morgan fingerprint density at radius 2 is 1.31 bits per heavy atom. The van der Waals surface area contributed by atoms with Gasteiger partial charge in [0.1, 0.15) is 0 Å². The molecule has 138 valence electrons. The molecule has 26 heavy (non-hydrogen) atoms. The van der Waals surface area contributed by atoms with Crippen LogP contribution in [0.3, 0.4) is 0 Å². The van der Waals surface area contributed by atoms with Crippen LogP contribution in [0.2, 0.25) is 0 Å². The lowest BCUT2D eigenvalue weighted by Crippen LogP contribution is -2.06. The Morgan fingerprint density at radius 1 is 0.769 bits per heavy atom. The van der Waals surface area contributed by atoms with Gasteiger partial charge in [-0.3, -0.25) is 4.79 Å². The molecule has 2 aromatic rings. The average molecular weight is 352 g/mol. The Kier molecular flexibility index (Phi) is 8.07. The second-order valence-electron chi connectivity index (χ2n) is 6.52. The Hall–Kier alpha value is -2.42. The standard InChI is InChI=1S/C23H28O3/c1-3-4-5-6-7-8-17-22(24)20-15-11-9-13-18(20)19-14-10-12-16-21(19)23(25)26-2/h9-16H,3-8,17H2,1-2H3. The SMILES string of the molecule is CCCCCCCCC(=O)c1ccccc1-c1ccccc1C(=O)OC. The van der Waals surface area contributed by atoms with E-state index in [4.69, 9.17) is 4.74 Å². The summed E-state index contributed by atoms with van der Waals surface area (Å²) in [7, 11) is 1.37. The maximum Gasteiger partial charge on any atom is 0.338 e. The zero-order chi connectivity index (χ0) is 18.8. The molecule has 0 spiro atoms. The summed E-state index contributed by atoms with van der Waals surface area (Å²) >= 11 is 0. The fourth-order valence-corrected chi connectivity index (χ4v) is 3.17. The Balaban J connectivity index is 2.16. The number of carbonyl (C=O) groups is 2. The monoisotopic (exact) mass is 352 g/mol. The highest BCUT2D eigenvalue weighted by atomic mass is 16.5. The van der Waals surface area contributed by atoms with Crippen LogP contribution in [0.4, 0.5) is 0 Å². The molecular formula is C23H28O3. The summed E-state index contributed by atoms with van der Waals surface area (Å²) in [5.74, 6) is -0.255. The van der Waals surface area contributed by atoms with E-state index in [0.29, 0.717) is 17.5 Å². The van der Waals surface area contributed by atoms with Crippen LogP contribution >= 0.6 is 0 Å². The average Bonchev–Trinajstić information content (AvgIpc) is 2.69. The highest BCUT2D eigenvalue weighted by Gasteiger charge is 2.17. The summed E-state index contributed by atoms with van der Waals surface area (Å²) in [6.07, 6.45) is 7.47. The van der Waals surface area contributed by atoms with Gasteiger partial charge >= 0.3 is 5.97 Å². The van der Waals surface area contributed by atoms with Crippen molar-refractivity contribution in [2.45, 2.75) is 51.9 Å². The molecule has 3 nitrogen and oxygen atoms in total. The first kappa shape index (κ1) is 19.9. The maximum absolute atomic E-state index is 12.8. The first-order valence-corrected chi connectivity index (χ1v) is 9.49. The molecule has 0 bridgehead atoms. The highest BCUT2D eigenvalue weighted by Crippen LogP contribution is 2.29. The quantitative estimate of drug-likeness (QED) is 0.296. The second kappa shape index (κ2) is 10.5. The second-order valence-corrected chi connectivity index (χ2v) is 6.52. The van der Waals surface area contributed by atoms with Gasteiger partial charge in [-0.05, 0) is 23.6 Å². The van der Waals surface area contributed by atoms with Gasteiger partial charge in [0.2, 0.25) is 0 Å². The number of ketones is 1. The van der Waals surface area contributed by atoms with Crippen LogP contribution < -0.4 is 0 Å². The maximum atomic E-state index is 12.8. The van der Waals surface area contributed by atoms with Gasteiger partial charge in [0, 0.05) is 12.0 Å². The van der Waals surface area contributed by atoms with Crippen molar-refractivity contribution in [3.63, 3.8) is 0 Å². The van der Waals surface area contributed by atoms with Crippen molar-refractivity contribution < 1.29 is 14.3 Å². The highest BCUT2D eigenvalue weighted by molar-refractivity contribution is 6.05. The Bertz CT molecular complexity index is 734. The third-order valence-corrected chi connectivity index (χ3v) is 4.61. The normalized spacial score (nSPS) is 10.5. The number of methoxy groups -OCH3 is 1. The molecule has 0 aliphatic rings. The molecule has 0 unspecified atom stereocenters. The summed E-state index contributed by atoms with van der Waals surface area (Å²) in [6, 6.07) is 14.8. The van der Waals surface area contributed by atoms with Crippen LogP contribution in [0, 0.1) is 0 Å². The first-order valence-electron chi connectivity index (χ1n) is 9.49. The molecule has 0 radical (unpaired) electrons. The van der Waals surface area contributed by atoms with E-state index >= 15 is 0 Å². The number of hydrogen-bond acceptors (Lipinski definition) is 3. The number of benzene rings is 2. The topological polar surface area (TPSA) is 43.4 Å². The van der Waals surface area contributed by atoms with Crippen molar-refractivity contribution in [3.05, 3.63) is 59.7 Å². The van der Waals surface area contributed by atoms with Crippen LogP contribution in [-0.2, 0) is 4.74 Å². The molecular weight excluding hydrogens is 324 g/mol. The predicted molar refractivity (Wildman–Crippen MR) is 106 cm³/mol. The van der Waals surface area contributed by atoms with Crippen molar-refractivity contribution in [3.8, 4) is 11.1 Å². The molecule has 0 aromatic heterocycles. The van der Waals surface area contributed by atoms with Crippen LogP contribution in [0.1, 0.15) is 72.6 Å². The fraction of sp³-hybridized carbons (Fsp3) is 0.391. The molecule has 0 atom stereocenters. The van der Waals surface area contributed by atoms with Gasteiger partial charge in [0.05, 0.1) is 12.7 Å². The minimum absolute atomic E-state index is 0.135. The molecule has 3 heteroatoms. The third kappa shape index (κ3) is 5.29. The smallest absolute Gasteiger partial charge is 0.338 e. The summed E-state index contributed by atoms with van der Waals surface area (Å²) < 4.78 is 4.89. The van der Waals surface area contributed by atoms with Crippen LogP contribution in [0.5, 0.6) is 0 Å². The number of ether oxygens (including phenoxy) is 1. The number of Topliss-reactive ketones (excluding diaryl/α,β-unsaturated/α-hetero) is 1. The van der Waals surface area contributed by atoms with E-state index in [9.17, 15) is 9.59 Å². The Labute approximate surface area is 156 Å².